The summed E-state index contributed by atoms with van der Waals surface area (Å²) < 4.78 is 26.6. The van der Waals surface area contributed by atoms with E-state index in [4.69, 9.17) is 0 Å². The van der Waals surface area contributed by atoms with Gasteiger partial charge in [0.25, 0.3) is 0 Å². The highest BCUT2D eigenvalue weighted by Crippen LogP contribution is 2.27. The van der Waals surface area contributed by atoms with Crippen molar-refractivity contribution in [3.63, 3.8) is 0 Å². The van der Waals surface area contributed by atoms with E-state index in [1.807, 2.05) is 0 Å². The molecule has 0 aliphatic carbocycles. The molecule has 18 heavy (non-hydrogen) atoms. The van der Waals surface area contributed by atoms with Crippen LogP contribution >= 0.6 is 12.4 Å². The summed E-state index contributed by atoms with van der Waals surface area (Å²) in [6.45, 7) is 4.64. The lowest BCUT2D eigenvalue weighted by atomic mass is 10.0. The third kappa shape index (κ3) is 2.51. The van der Waals surface area contributed by atoms with Crippen molar-refractivity contribution < 1.29 is 8.78 Å². The van der Waals surface area contributed by atoms with Crippen LogP contribution in [0.4, 0.5) is 8.78 Å². The lowest BCUT2D eigenvalue weighted by molar-refractivity contribution is 0.299. The van der Waals surface area contributed by atoms with Gasteiger partial charge in [0, 0.05) is 25.2 Å². The van der Waals surface area contributed by atoms with Crippen molar-refractivity contribution in [3.05, 3.63) is 35.4 Å². The largest absolute Gasteiger partial charge is 0.316 e. The Hall–Kier alpha value is -0.710. The topological polar surface area (TPSA) is 15.3 Å². The maximum absolute atomic E-state index is 13.5. The second-order valence-corrected chi connectivity index (χ2v) is 5.09. The van der Waals surface area contributed by atoms with Gasteiger partial charge in [0.1, 0.15) is 0 Å². The lowest BCUT2D eigenvalue weighted by Gasteiger charge is -2.17. The highest BCUT2D eigenvalue weighted by atomic mass is 35.5. The second kappa shape index (κ2) is 5.51. The number of rotatable bonds is 2. The highest BCUT2D eigenvalue weighted by Gasteiger charge is 2.36. The summed E-state index contributed by atoms with van der Waals surface area (Å²) in [5.41, 5.74) is 0.470. The molecule has 1 aromatic carbocycles. The van der Waals surface area contributed by atoms with Crippen molar-refractivity contribution in [2.45, 2.75) is 6.54 Å². The number of nitrogens with zero attached hydrogens (tertiary/aromatic N) is 1. The van der Waals surface area contributed by atoms with Crippen LogP contribution in [-0.2, 0) is 6.54 Å². The molecule has 3 rings (SSSR count). The molecular formula is C13H17ClF2N2. The van der Waals surface area contributed by atoms with E-state index < -0.39 is 11.6 Å². The molecule has 2 aliphatic heterocycles. The molecular weight excluding hydrogens is 258 g/mol. The van der Waals surface area contributed by atoms with Crippen molar-refractivity contribution in [1.29, 1.82) is 0 Å². The molecule has 1 aromatic rings. The molecule has 2 aliphatic rings. The summed E-state index contributed by atoms with van der Waals surface area (Å²) in [4.78, 5) is 2.23. The van der Waals surface area contributed by atoms with Gasteiger partial charge < -0.3 is 5.32 Å². The van der Waals surface area contributed by atoms with Gasteiger partial charge in [0.15, 0.2) is 11.6 Å². The van der Waals surface area contributed by atoms with Crippen molar-refractivity contribution in [3.8, 4) is 0 Å². The van der Waals surface area contributed by atoms with Crippen molar-refractivity contribution in [2.24, 2.45) is 11.8 Å². The van der Waals surface area contributed by atoms with Crippen LogP contribution in [0.3, 0.4) is 0 Å². The average molecular weight is 275 g/mol. The van der Waals surface area contributed by atoms with Crippen LogP contribution < -0.4 is 5.32 Å². The van der Waals surface area contributed by atoms with E-state index in [-0.39, 0.29) is 12.4 Å². The Morgan fingerprint density at radius 1 is 1.17 bits per heavy atom. The fraction of sp³-hybridized carbons (Fsp3) is 0.538. The van der Waals surface area contributed by atoms with Crippen LogP contribution in [0.2, 0.25) is 0 Å². The molecule has 2 fully saturated rings. The SMILES string of the molecule is Cl.Fc1cccc(CN2C[C@H]3CNC[C@H]3C2)c1F. The normalized spacial score (nSPS) is 27.0. The minimum absolute atomic E-state index is 0. The summed E-state index contributed by atoms with van der Waals surface area (Å²) in [6, 6.07) is 4.42. The molecule has 2 atom stereocenters. The average Bonchev–Trinajstić information content (AvgIpc) is 2.85. The third-order valence-corrected chi connectivity index (χ3v) is 3.89. The first kappa shape index (κ1) is 13.7. The predicted octanol–water partition coefficient (Wildman–Crippen LogP) is 2.04. The van der Waals surface area contributed by atoms with E-state index in [0.717, 1.165) is 26.2 Å². The summed E-state index contributed by atoms with van der Waals surface area (Å²) >= 11 is 0. The van der Waals surface area contributed by atoms with E-state index in [9.17, 15) is 8.78 Å². The maximum atomic E-state index is 13.5. The van der Waals surface area contributed by atoms with E-state index in [1.165, 1.54) is 6.07 Å². The Bertz CT molecular complexity index is 415. The van der Waals surface area contributed by atoms with Crippen LogP contribution in [0, 0.1) is 23.5 Å². The van der Waals surface area contributed by atoms with Gasteiger partial charge in [-0.3, -0.25) is 4.90 Å². The molecule has 0 radical (unpaired) electrons. The first-order valence-corrected chi connectivity index (χ1v) is 6.10. The number of fused-ring (bicyclic) bond motifs is 1. The Morgan fingerprint density at radius 3 is 2.50 bits per heavy atom. The maximum Gasteiger partial charge on any atom is 0.163 e. The van der Waals surface area contributed by atoms with Gasteiger partial charge in [0.05, 0.1) is 0 Å². The van der Waals surface area contributed by atoms with Gasteiger partial charge in [-0.2, -0.15) is 0 Å². The molecule has 1 N–H and O–H groups in total. The number of hydrogen-bond acceptors (Lipinski definition) is 2. The van der Waals surface area contributed by atoms with Crippen LogP contribution in [0.15, 0.2) is 18.2 Å². The summed E-state index contributed by atoms with van der Waals surface area (Å²) in [7, 11) is 0. The first-order chi connectivity index (χ1) is 8.24. The monoisotopic (exact) mass is 274 g/mol. The fourth-order valence-corrected chi connectivity index (χ4v) is 2.99. The molecule has 0 saturated carbocycles. The van der Waals surface area contributed by atoms with E-state index >= 15 is 0 Å². The van der Waals surface area contributed by atoms with Crippen molar-refractivity contribution in [2.75, 3.05) is 26.2 Å². The van der Waals surface area contributed by atoms with Crippen molar-refractivity contribution >= 4 is 12.4 Å². The van der Waals surface area contributed by atoms with Crippen LogP contribution in [0.1, 0.15) is 5.56 Å². The summed E-state index contributed by atoms with van der Waals surface area (Å²) in [6.07, 6.45) is 0. The Labute approximate surface area is 112 Å². The van der Waals surface area contributed by atoms with E-state index in [2.05, 4.69) is 10.2 Å². The third-order valence-electron chi connectivity index (χ3n) is 3.89. The first-order valence-electron chi connectivity index (χ1n) is 6.10. The van der Waals surface area contributed by atoms with Crippen molar-refractivity contribution in [1.82, 2.24) is 10.2 Å². The molecule has 0 aromatic heterocycles. The zero-order chi connectivity index (χ0) is 11.8. The molecule has 5 heteroatoms. The summed E-state index contributed by atoms with van der Waals surface area (Å²) in [5, 5.41) is 3.37. The molecule has 2 heterocycles. The molecule has 100 valence electrons. The molecule has 0 amide bonds. The fourth-order valence-electron chi connectivity index (χ4n) is 2.99. The molecule has 2 nitrogen and oxygen atoms in total. The number of benzene rings is 1. The van der Waals surface area contributed by atoms with Gasteiger partial charge in [0.2, 0.25) is 0 Å². The van der Waals surface area contributed by atoms with Crippen LogP contribution in [-0.4, -0.2) is 31.1 Å². The number of likely N-dealkylation sites (tertiary alicyclic amines) is 1. The zero-order valence-corrected chi connectivity index (χ0v) is 10.9. The molecule has 0 spiro atoms. The molecule has 0 unspecified atom stereocenters. The van der Waals surface area contributed by atoms with Gasteiger partial charge in [-0.15, -0.1) is 12.4 Å². The van der Waals surface area contributed by atoms with Gasteiger partial charge in [-0.1, -0.05) is 12.1 Å². The smallest absolute Gasteiger partial charge is 0.163 e. The van der Waals surface area contributed by atoms with Crippen LogP contribution in [0.5, 0.6) is 0 Å². The predicted molar refractivity (Wildman–Crippen MR) is 68.7 cm³/mol. The van der Waals surface area contributed by atoms with Gasteiger partial charge in [-0.05, 0) is 31.0 Å². The van der Waals surface area contributed by atoms with E-state index in [1.54, 1.807) is 12.1 Å². The standard InChI is InChI=1S/C13H16F2N2.ClH/c14-12-3-1-2-9(13(12)15)6-17-7-10-4-16-5-11(10)8-17;/h1-3,10-11,16H,4-8H2;1H/t10-,11+;. The lowest BCUT2D eigenvalue weighted by Crippen LogP contribution is -2.25. The number of hydrogen-bond donors (Lipinski definition) is 1. The molecule has 2 saturated heterocycles. The number of halogens is 3. The number of nitrogens with one attached hydrogen (secondary N) is 1. The quantitative estimate of drug-likeness (QED) is 0.888. The Balaban J connectivity index is 0.00000120. The van der Waals surface area contributed by atoms with E-state index in [0.29, 0.717) is 23.9 Å². The molecule has 0 bridgehead atoms. The Kier molecular flexibility index (Phi) is 4.20. The highest BCUT2D eigenvalue weighted by molar-refractivity contribution is 5.85. The minimum atomic E-state index is -0.747. The van der Waals surface area contributed by atoms with Crippen LogP contribution in [0.25, 0.3) is 0 Å². The summed E-state index contributed by atoms with van der Waals surface area (Å²) in [5.74, 6) is -0.0653. The second-order valence-electron chi connectivity index (χ2n) is 5.09. The Morgan fingerprint density at radius 2 is 1.83 bits per heavy atom. The van der Waals surface area contributed by atoms with Gasteiger partial charge >= 0.3 is 0 Å². The minimum Gasteiger partial charge on any atom is -0.316 e. The van der Waals surface area contributed by atoms with Gasteiger partial charge in [-0.25, -0.2) is 8.78 Å². The zero-order valence-electron chi connectivity index (χ0n) is 10.0.